The number of rotatable bonds is 7. The van der Waals surface area contributed by atoms with Crippen molar-refractivity contribution >= 4 is 56.1 Å². The molecule has 7 nitrogen and oxygen atoms in total. The lowest BCUT2D eigenvalue weighted by Crippen LogP contribution is -2.17. The number of Topliss-reactive ketones (excluding diaryl/α,β-unsaturated/α-hetero) is 1. The minimum absolute atomic E-state index is 0.0502. The summed E-state index contributed by atoms with van der Waals surface area (Å²) >= 11 is 2.76. The highest BCUT2D eigenvalue weighted by atomic mass is 32.2. The highest BCUT2D eigenvalue weighted by Crippen LogP contribution is 2.31. The molecule has 0 spiro atoms. The summed E-state index contributed by atoms with van der Waals surface area (Å²) in [7, 11) is 0. The molecule has 0 radical (unpaired) electrons. The molecule has 3 rings (SSSR count). The van der Waals surface area contributed by atoms with E-state index in [1.807, 2.05) is 0 Å². The van der Waals surface area contributed by atoms with Gasteiger partial charge in [0.25, 0.3) is 0 Å². The van der Waals surface area contributed by atoms with Gasteiger partial charge in [0.1, 0.15) is 21.6 Å². The number of fused-ring (bicyclic) bond motifs is 1. The van der Waals surface area contributed by atoms with Gasteiger partial charge in [-0.15, -0.1) is 23.1 Å². The molecule has 136 valence electrons. The highest BCUT2D eigenvalue weighted by Gasteiger charge is 2.26. The number of thioether (sulfide) groups is 1. The van der Waals surface area contributed by atoms with Gasteiger partial charge in [0.15, 0.2) is 6.04 Å². The SMILES string of the molecule is CC(=O)CCCC(=O)Oc1ccc2nc(C3=N[C@@H](C(=O)O)CS3)sc2c1. The van der Waals surface area contributed by atoms with Crippen LogP contribution in [0.5, 0.6) is 5.75 Å². The number of aromatic nitrogens is 1. The summed E-state index contributed by atoms with van der Waals surface area (Å²) in [6.45, 7) is 1.49. The first-order valence-corrected chi connectivity index (χ1v) is 9.77. The number of carboxylic acid groups (broad SMARTS) is 1. The van der Waals surface area contributed by atoms with Gasteiger partial charge in [-0.25, -0.2) is 9.78 Å². The molecule has 1 aromatic carbocycles. The average molecular weight is 392 g/mol. The van der Waals surface area contributed by atoms with Crippen molar-refractivity contribution in [3.63, 3.8) is 0 Å². The third-order valence-corrected chi connectivity index (χ3v) is 5.83. The molecule has 2 aromatic rings. The van der Waals surface area contributed by atoms with Crippen LogP contribution in [0.2, 0.25) is 0 Å². The van der Waals surface area contributed by atoms with Gasteiger partial charge in [0.2, 0.25) is 0 Å². The van der Waals surface area contributed by atoms with Crippen LogP contribution in [-0.4, -0.2) is 44.7 Å². The monoisotopic (exact) mass is 392 g/mol. The van der Waals surface area contributed by atoms with Crippen molar-refractivity contribution in [3.8, 4) is 5.75 Å². The second-order valence-electron chi connectivity index (χ2n) is 5.78. The molecule has 26 heavy (non-hydrogen) atoms. The molecule has 0 fully saturated rings. The standard InChI is InChI=1S/C17H16N2O5S2/c1-9(20)3-2-4-14(21)24-10-5-6-11-13(7-10)26-16(18-11)15-19-12(8-25-15)17(22)23/h5-7,12H,2-4,8H2,1H3,(H,22,23)/t12-/m1/s1. The Balaban J connectivity index is 1.70. The minimum atomic E-state index is -0.937. The maximum Gasteiger partial charge on any atom is 0.329 e. The van der Waals surface area contributed by atoms with Crippen molar-refractivity contribution in [1.29, 1.82) is 0 Å². The molecule has 1 aromatic heterocycles. The lowest BCUT2D eigenvalue weighted by molar-refractivity contribution is -0.138. The number of hydrogen-bond donors (Lipinski definition) is 1. The van der Waals surface area contributed by atoms with Gasteiger partial charge in [-0.05, 0) is 25.5 Å². The summed E-state index contributed by atoms with van der Waals surface area (Å²) in [4.78, 5) is 42.4. The zero-order chi connectivity index (χ0) is 18.7. The van der Waals surface area contributed by atoms with Gasteiger partial charge in [0.05, 0.1) is 10.2 Å². The first kappa shape index (κ1) is 18.5. The van der Waals surface area contributed by atoms with Crippen LogP contribution in [0.1, 0.15) is 31.2 Å². The van der Waals surface area contributed by atoms with E-state index >= 15 is 0 Å². The Morgan fingerprint density at radius 2 is 2.12 bits per heavy atom. The Morgan fingerprint density at radius 3 is 2.81 bits per heavy atom. The van der Waals surface area contributed by atoms with E-state index in [1.54, 1.807) is 18.2 Å². The molecule has 1 aliphatic heterocycles. The molecule has 1 aliphatic rings. The quantitative estimate of drug-likeness (QED) is 0.570. The molecule has 1 atom stereocenters. The predicted octanol–water partition coefficient (Wildman–Crippen LogP) is 2.91. The lowest BCUT2D eigenvalue weighted by atomic mass is 10.2. The predicted molar refractivity (Wildman–Crippen MR) is 100 cm³/mol. The summed E-state index contributed by atoms with van der Waals surface area (Å²) < 4.78 is 6.13. The number of hydrogen-bond acceptors (Lipinski definition) is 8. The second-order valence-corrected chi connectivity index (χ2v) is 7.82. The molecule has 1 N–H and O–H groups in total. The fourth-order valence-corrected chi connectivity index (χ4v) is 4.43. The Bertz CT molecular complexity index is 906. The van der Waals surface area contributed by atoms with E-state index in [1.165, 1.54) is 30.0 Å². The van der Waals surface area contributed by atoms with Crippen molar-refractivity contribution in [2.45, 2.75) is 32.2 Å². The number of ether oxygens (including phenoxy) is 1. The smallest absolute Gasteiger partial charge is 0.329 e. The van der Waals surface area contributed by atoms with Crippen LogP contribution in [-0.2, 0) is 14.4 Å². The van der Waals surface area contributed by atoms with E-state index in [-0.39, 0.29) is 18.2 Å². The van der Waals surface area contributed by atoms with E-state index in [9.17, 15) is 14.4 Å². The summed E-state index contributed by atoms with van der Waals surface area (Å²) in [5.74, 6) is -0.439. The molecule has 0 amide bonds. The highest BCUT2D eigenvalue weighted by molar-refractivity contribution is 8.15. The normalized spacial score (nSPS) is 16.5. The minimum Gasteiger partial charge on any atom is -0.480 e. The van der Waals surface area contributed by atoms with Gasteiger partial charge >= 0.3 is 11.9 Å². The van der Waals surface area contributed by atoms with Gasteiger partial charge < -0.3 is 14.6 Å². The molecule has 0 saturated heterocycles. The number of benzene rings is 1. The number of carbonyl (C=O) groups is 3. The second kappa shape index (κ2) is 7.96. The van der Waals surface area contributed by atoms with E-state index in [4.69, 9.17) is 9.84 Å². The van der Waals surface area contributed by atoms with E-state index in [2.05, 4.69) is 9.98 Å². The van der Waals surface area contributed by atoms with Crippen LogP contribution >= 0.6 is 23.1 Å². The Hall–Kier alpha value is -2.26. The Morgan fingerprint density at radius 1 is 1.31 bits per heavy atom. The zero-order valence-corrected chi connectivity index (χ0v) is 15.6. The van der Waals surface area contributed by atoms with E-state index in [0.717, 1.165) is 10.2 Å². The van der Waals surface area contributed by atoms with Crippen LogP contribution < -0.4 is 4.74 Å². The zero-order valence-electron chi connectivity index (χ0n) is 13.9. The van der Waals surface area contributed by atoms with Crippen LogP contribution in [0.15, 0.2) is 23.2 Å². The maximum atomic E-state index is 11.8. The van der Waals surface area contributed by atoms with E-state index in [0.29, 0.717) is 34.4 Å². The summed E-state index contributed by atoms with van der Waals surface area (Å²) in [6, 6.07) is 4.42. The molecule has 2 heterocycles. The molecule has 0 saturated carbocycles. The van der Waals surface area contributed by atoms with Crippen molar-refractivity contribution in [2.75, 3.05) is 5.75 Å². The van der Waals surface area contributed by atoms with Gasteiger partial charge in [0, 0.05) is 24.7 Å². The van der Waals surface area contributed by atoms with Gasteiger partial charge in [-0.2, -0.15) is 0 Å². The third kappa shape index (κ3) is 4.47. The number of esters is 1. The molecular formula is C17H16N2O5S2. The van der Waals surface area contributed by atoms with Crippen molar-refractivity contribution in [3.05, 3.63) is 23.2 Å². The first-order chi connectivity index (χ1) is 12.4. The molecule has 0 aliphatic carbocycles. The summed E-state index contributed by atoms with van der Waals surface area (Å²) in [6.07, 6.45) is 1.03. The number of carbonyl (C=O) groups excluding carboxylic acids is 2. The van der Waals surface area contributed by atoms with Gasteiger partial charge in [-0.1, -0.05) is 0 Å². The number of carboxylic acids is 1. The summed E-state index contributed by atoms with van der Waals surface area (Å²) in [5, 5.41) is 10.3. The number of thiazole rings is 1. The average Bonchev–Trinajstić information content (AvgIpc) is 3.20. The fraction of sp³-hybridized carbons (Fsp3) is 0.353. The molecule has 9 heteroatoms. The van der Waals surface area contributed by atoms with Crippen molar-refractivity contribution in [1.82, 2.24) is 4.98 Å². The number of nitrogens with zero attached hydrogens (tertiary/aromatic N) is 2. The third-order valence-electron chi connectivity index (χ3n) is 3.62. The Labute approximate surface area is 157 Å². The van der Waals surface area contributed by atoms with Crippen LogP contribution in [0.25, 0.3) is 10.2 Å². The number of ketones is 1. The molecule has 0 bridgehead atoms. The van der Waals surface area contributed by atoms with Crippen LogP contribution in [0.4, 0.5) is 0 Å². The topological polar surface area (TPSA) is 106 Å². The summed E-state index contributed by atoms with van der Waals surface area (Å²) in [5.41, 5.74) is 0.739. The largest absolute Gasteiger partial charge is 0.480 e. The Kier molecular flexibility index (Phi) is 5.67. The van der Waals surface area contributed by atoms with Gasteiger partial charge in [-0.3, -0.25) is 9.79 Å². The maximum absolute atomic E-state index is 11.8. The van der Waals surface area contributed by atoms with E-state index < -0.39 is 12.0 Å². The lowest BCUT2D eigenvalue weighted by Gasteiger charge is -2.03. The molecule has 0 unspecified atom stereocenters. The van der Waals surface area contributed by atoms with Crippen molar-refractivity contribution in [2.24, 2.45) is 4.99 Å². The first-order valence-electron chi connectivity index (χ1n) is 7.97. The van der Waals surface area contributed by atoms with Crippen LogP contribution in [0.3, 0.4) is 0 Å². The number of aliphatic carboxylic acids is 1. The molecular weight excluding hydrogens is 376 g/mol. The number of aliphatic imine (C=N–C) groups is 1. The van der Waals surface area contributed by atoms with Crippen LogP contribution in [0, 0.1) is 0 Å². The fourth-order valence-electron chi connectivity index (χ4n) is 2.34. The van der Waals surface area contributed by atoms with Crippen molar-refractivity contribution < 1.29 is 24.2 Å².